The number of piperazine rings is 1. The van der Waals surface area contributed by atoms with Crippen LogP contribution in [0.3, 0.4) is 0 Å². The molecule has 0 bridgehead atoms. The highest BCUT2D eigenvalue weighted by molar-refractivity contribution is 5.93. The summed E-state index contributed by atoms with van der Waals surface area (Å²) in [6.45, 7) is 7.28. The van der Waals surface area contributed by atoms with Gasteiger partial charge >= 0.3 is 0 Å². The second kappa shape index (κ2) is 7.40. The van der Waals surface area contributed by atoms with E-state index in [4.69, 9.17) is 4.74 Å². The normalized spacial score (nSPS) is 24.5. The van der Waals surface area contributed by atoms with Crippen LogP contribution in [-0.2, 0) is 9.53 Å². The van der Waals surface area contributed by atoms with E-state index in [-0.39, 0.29) is 24.3 Å². The summed E-state index contributed by atoms with van der Waals surface area (Å²) in [4.78, 5) is 31.4. The quantitative estimate of drug-likeness (QED) is 0.737. The molecule has 0 unspecified atom stereocenters. The van der Waals surface area contributed by atoms with Crippen molar-refractivity contribution in [3.05, 3.63) is 23.9 Å². The van der Waals surface area contributed by atoms with Gasteiger partial charge in [-0.2, -0.15) is 0 Å². The van der Waals surface area contributed by atoms with Crippen molar-refractivity contribution in [2.75, 3.05) is 37.7 Å². The number of pyridine rings is 1. The minimum absolute atomic E-state index is 0.0467. The Bertz CT molecular complexity index is 588. The standard InChI is InChI=1S/C18H25N3O3/c1-13(22)12-24-17-9-16(10-17)20-5-7-21(8-6-20)18-4-3-15(11-19-18)14(2)23/h3-4,11,16-17H,5-10,12H2,1-2H3/t16-,17-. The summed E-state index contributed by atoms with van der Waals surface area (Å²) >= 11 is 0. The predicted octanol–water partition coefficient (Wildman–Crippen LogP) is 1.54. The van der Waals surface area contributed by atoms with E-state index in [1.54, 1.807) is 20.0 Å². The lowest BCUT2D eigenvalue weighted by atomic mass is 9.87. The van der Waals surface area contributed by atoms with E-state index in [0.29, 0.717) is 11.6 Å². The van der Waals surface area contributed by atoms with Crippen molar-refractivity contribution in [2.24, 2.45) is 0 Å². The third-order valence-electron chi connectivity index (χ3n) is 4.90. The fourth-order valence-corrected chi connectivity index (χ4v) is 3.30. The number of carbonyl (C=O) groups is 2. The van der Waals surface area contributed by atoms with Gasteiger partial charge in [0.2, 0.25) is 0 Å². The van der Waals surface area contributed by atoms with E-state index in [2.05, 4.69) is 14.8 Å². The Kier molecular flexibility index (Phi) is 5.26. The van der Waals surface area contributed by atoms with Crippen LogP contribution in [0, 0.1) is 0 Å². The summed E-state index contributed by atoms with van der Waals surface area (Å²) in [5.41, 5.74) is 0.656. The first-order valence-electron chi connectivity index (χ1n) is 8.60. The minimum atomic E-state index is 0.0467. The largest absolute Gasteiger partial charge is 0.370 e. The molecule has 0 radical (unpaired) electrons. The predicted molar refractivity (Wildman–Crippen MR) is 91.5 cm³/mol. The highest BCUT2D eigenvalue weighted by Crippen LogP contribution is 2.29. The van der Waals surface area contributed by atoms with Crippen LogP contribution < -0.4 is 4.90 Å². The molecule has 1 aromatic heterocycles. The van der Waals surface area contributed by atoms with Crippen molar-refractivity contribution in [2.45, 2.75) is 38.8 Å². The van der Waals surface area contributed by atoms with E-state index in [0.717, 1.165) is 44.8 Å². The third-order valence-corrected chi connectivity index (χ3v) is 4.90. The smallest absolute Gasteiger partial charge is 0.161 e. The summed E-state index contributed by atoms with van der Waals surface area (Å²) in [6, 6.07) is 4.36. The molecular formula is C18H25N3O3. The van der Waals surface area contributed by atoms with Gasteiger partial charge in [-0.05, 0) is 38.8 Å². The Balaban J connectivity index is 1.43. The summed E-state index contributed by atoms with van der Waals surface area (Å²) < 4.78 is 5.56. The summed E-state index contributed by atoms with van der Waals surface area (Å²) in [6.07, 6.45) is 3.96. The molecule has 130 valence electrons. The molecule has 1 aliphatic heterocycles. The van der Waals surface area contributed by atoms with Crippen molar-refractivity contribution < 1.29 is 14.3 Å². The van der Waals surface area contributed by atoms with Crippen LogP contribution in [0.4, 0.5) is 5.82 Å². The topological polar surface area (TPSA) is 62.7 Å². The van der Waals surface area contributed by atoms with Gasteiger partial charge in [-0.25, -0.2) is 4.98 Å². The number of ether oxygens (including phenoxy) is 1. The molecule has 0 amide bonds. The van der Waals surface area contributed by atoms with E-state index in [1.165, 1.54) is 0 Å². The molecule has 1 aliphatic carbocycles. The van der Waals surface area contributed by atoms with Gasteiger partial charge in [0.1, 0.15) is 12.4 Å². The molecule has 1 saturated heterocycles. The first-order chi connectivity index (χ1) is 11.5. The molecule has 24 heavy (non-hydrogen) atoms. The van der Waals surface area contributed by atoms with Crippen molar-refractivity contribution >= 4 is 17.4 Å². The Morgan fingerprint density at radius 2 is 1.88 bits per heavy atom. The van der Waals surface area contributed by atoms with Crippen molar-refractivity contribution in [1.29, 1.82) is 0 Å². The second-order valence-corrected chi connectivity index (χ2v) is 6.74. The number of Topliss-reactive ketones (excluding diaryl/α,β-unsaturated/α-hetero) is 2. The number of aromatic nitrogens is 1. The number of hydrogen-bond acceptors (Lipinski definition) is 6. The second-order valence-electron chi connectivity index (χ2n) is 6.74. The first-order valence-corrected chi connectivity index (χ1v) is 8.60. The zero-order chi connectivity index (χ0) is 17.1. The highest BCUT2D eigenvalue weighted by Gasteiger charge is 2.35. The van der Waals surface area contributed by atoms with Gasteiger partial charge in [0.25, 0.3) is 0 Å². The molecular weight excluding hydrogens is 306 g/mol. The maximum Gasteiger partial charge on any atom is 0.161 e. The number of ketones is 2. The number of anilines is 1. The van der Waals surface area contributed by atoms with Crippen LogP contribution >= 0.6 is 0 Å². The van der Waals surface area contributed by atoms with E-state index in [9.17, 15) is 9.59 Å². The Hall–Kier alpha value is -1.79. The van der Waals surface area contributed by atoms with Crippen LogP contribution in [0.5, 0.6) is 0 Å². The van der Waals surface area contributed by atoms with Crippen LogP contribution in [0.25, 0.3) is 0 Å². The lowest BCUT2D eigenvalue weighted by Gasteiger charge is -2.46. The molecule has 6 heteroatoms. The average molecular weight is 331 g/mol. The van der Waals surface area contributed by atoms with Gasteiger partial charge in [0.05, 0.1) is 6.10 Å². The van der Waals surface area contributed by atoms with Crippen LogP contribution in [0.1, 0.15) is 37.0 Å². The average Bonchev–Trinajstić information content (AvgIpc) is 2.54. The molecule has 2 fully saturated rings. The van der Waals surface area contributed by atoms with Gasteiger partial charge in [-0.1, -0.05) is 0 Å². The monoisotopic (exact) mass is 331 g/mol. The molecule has 6 nitrogen and oxygen atoms in total. The molecule has 0 atom stereocenters. The van der Waals surface area contributed by atoms with Gasteiger partial charge < -0.3 is 9.64 Å². The van der Waals surface area contributed by atoms with E-state index >= 15 is 0 Å². The Morgan fingerprint density at radius 1 is 1.17 bits per heavy atom. The zero-order valence-corrected chi connectivity index (χ0v) is 14.4. The number of carbonyl (C=O) groups excluding carboxylic acids is 2. The van der Waals surface area contributed by atoms with Gasteiger partial charge in [-0.15, -0.1) is 0 Å². The number of hydrogen-bond donors (Lipinski definition) is 0. The highest BCUT2D eigenvalue weighted by atomic mass is 16.5. The lowest BCUT2D eigenvalue weighted by Crippen LogP contribution is -2.55. The summed E-state index contributed by atoms with van der Waals surface area (Å²) in [7, 11) is 0. The van der Waals surface area contributed by atoms with Crippen molar-refractivity contribution in [3.8, 4) is 0 Å². The zero-order valence-electron chi connectivity index (χ0n) is 14.4. The Labute approximate surface area is 142 Å². The molecule has 0 aromatic carbocycles. The van der Waals surface area contributed by atoms with Crippen LogP contribution in [0.2, 0.25) is 0 Å². The lowest BCUT2D eigenvalue weighted by molar-refractivity contribution is -0.127. The van der Waals surface area contributed by atoms with E-state index in [1.807, 2.05) is 12.1 Å². The van der Waals surface area contributed by atoms with Gasteiger partial charge in [-0.3, -0.25) is 14.5 Å². The maximum absolute atomic E-state index is 11.3. The maximum atomic E-state index is 11.3. The third kappa shape index (κ3) is 3.99. The number of rotatable bonds is 6. The van der Waals surface area contributed by atoms with E-state index < -0.39 is 0 Å². The molecule has 2 aliphatic rings. The molecule has 1 saturated carbocycles. The van der Waals surface area contributed by atoms with Crippen molar-refractivity contribution in [1.82, 2.24) is 9.88 Å². The Morgan fingerprint density at radius 3 is 2.42 bits per heavy atom. The van der Waals surface area contributed by atoms with Crippen LogP contribution in [0.15, 0.2) is 18.3 Å². The molecule has 0 N–H and O–H groups in total. The fourth-order valence-electron chi connectivity index (χ4n) is 3.30. The first kappa shape index (κ1) is 17.0. The molecule has 0 spiro atoms. The molecule has 3 rings (SSSR count). The minimum Gasteiger partial charge on any atom is -0.370 e. The molecule has 2 heterocycles. The van der Waals surface area contributed by atoms with Crippen molar-refractivity contribution in [3.63, 3.8) is 0 Å². The summed E-state index contributed by atoms with van der Waals surface area (Å²) in [5.74, 6) is 1.08. The number of nitrogens with zero attached hydrogens (tertiary/aromatic N) is 3. The fraction of sp³-hybridized carbons (Fsp3) is 0.611. The van der Waals surface area contributed by atoms with Gasteiger partial charge in [0.15, 0.2) is 11.6 Å². The summed E-state index contributed by atoms with van der Waals surface area (Å²) in [5, 5.41) is 0. The van der Waals surface area contributed by atoms with Gasteiger partial charge in [0, 0.05) is 44.0 Å². The SMILES string of the molecule is CC(=O)CO[C@H]1C[C@H](N2CCN(c3ccc(C(C)=O)cn3)CC2)C1. The van der Waals surface area contributed by atoms with Crippen LogP contribution in [-0.4, -0.2) is 66.4 Å². The molecule has 1 aromatic rings.